The van der Waals surface area contributed by atoms with Crippen molar-refractivity contribution in [2.45, 2.75) is 6.92 Å². The Hall–Kier alpha value is -1.98. The number of nitrogens with zero attached hydrogens (tertiary/aromatic N) is 1. The number of benzene rings is 1. The van der Waals surface area contributed by atoms with Crippen LogP contribution in [-0.4, -0.2) is 32.4 Å². The van der Waals surface area contributed by atoms with E-state index in [4.69, 9.17) is 25.8 Å². The smallest absolute Gasteiger partial charge is 0.140 e. The van der Waals surface area contributed by atoms with Gasteiger partial charge in [0.15, 0.2) is 0 Å². The van der Waals surface area contributed by atoms with Gasteiger partial charge in [0.25, 0.3) is 0 Å². The molecular formula is C16H19ClN2O3. The summed E-state index contributed by atoms with van der Waals surface area (Å²) in [6, 6.07) is 5.47. The Bertz CT molecular complexity index is 689. The SMILES string of the molecule is C=C(C)Oc1cc(NCCOC)nc2c(Cl)c(OC)ccc12. The Morgan fingerprint density at radius 3 is 2.73 bits per heavy atom. The fraction of sp³-hybridized carbons (Fsp3) is 0.312. The minimum atomic E-state index is 0.446. The van der Waals surface area contributed by atoms with Crippen molar-refractivity contribution < 1.29 is 14.2 Å². The average molecular weight is 323 g/mol. The number of aromatic nitrogens is 1. The van der Waals surface area contributed by atoms with Gasteiger partial charge in [-0.1, -0.05) is 18.2 Å². The van der Waals surface area contributed by atoms with E-state index in [2.05, 4.69) is 16.9 Å². The van der Waals surface area contributed by atoms with Gasteiger partial charge < -0.3 is 19.5 Å². The zero-order valence-corrected chi connectivity index (χ0v) is 13.7. The molecule has 0 amide bonds. The first-order valence-electron chi connectivity index (χ1n) is 6.80. The maximum absolute atomic E-state index is 6.37. The lowest BCUT2D eigenvalue weighted by molar-refractivity contribution is 0.210. The predicted molar refractivity (Wildman–Crippen MR) is 89.1 cm³/mol. The lowest BCUT2D eigenvalue weighted by Gasteiger charge is -2.14. The number of rotatable bonds is 7. The molecule has 5 nitrogen and oxygen atoms in total. The zero-order valence-electron chi connectivity index (χ0n) is 12.9. The molecule has 1 heterocycles. The normalized spacial score (nSPS) is 10.5. The van der Waals surface area contributed by atoms with Crippen LogP contribution < -0.4 is 14.8 Å². The summed E-state index contributed by atoms with van der Waals surface area (Å²) in [5, 5.41) is 4.41. The fourth-order valence-electron chi connectivity index (χ4n) is 2.01. The lowest BCUT2D eigenvalue weighted by Crippen LogP contribution is -2.09. The average Bonchev–Trinajstić information content (AvgIpc) is 2.48. The quantitative estimate of drug-likeness (QED) is 0.619. The summed E-state index contributed by atoms with van der Waals surface area (Å²) >= 11 is 6.37. The molecule has 0 aliphatic rings. The van der Waals surface area contributed by atoms with Crippen molar-refractivity contribution in [2.75, 3.05) is 32.7 Å². The maximum Gasteiger partial charge on any atom is 0.140 e. The second-order valence-electron chi connectivity index (χ2n) is 4.71. The number of hydrogen-bond acceptors (Lipinski definition) is 5. The van der Waals surface area contributed by atoms with E-state index in [0.29, 0.717) is 46.8 Å². The molecule has 0 fully saturated rings. The molecule has 1 aromatic carbocycles. The van der Waals surface area contributed by atoms with Gasteiger partial charge in [0, 0.05) is 25.1 Å². The lowest BCUT2D eigenvalue weighted by atomic mass is 10.2. The zero-order chi connectivity index (χ0) is 16.1. The van der Waals surface area contributed by atoms with Crippen LogP contribution in [0.25, 0.3) is 10.9 Å². The van der Waals surface area contributed by atoms with Crippen molar-refractivity contribution >= 4 is 28.3 Å². The van der Waals surface area contributed by atoms with Crippen LogP contribution in [0.2, 0.25) is 5.02 Å². The number of halogens is 1. The van der Waals surface area contributed by atoms with E-state index in [9.17, 15) is 0 Å². The fourth-order valence-corrected chi connectivity index (χ4v) is 2.29. The number of ether oxygens (including phenoxy) is 3. The summed E-state index contributed by atoms with van der Waals surface area (Å²) in [5.41, 5.74) is 0.611. The Morgan fingerprint density at radius 1 is 1.32 bits per heavy atom. The number of hydrogen-bond donors (Lipinski definition) is 1. The predicted octanol–water partition coefficient (Wildman–Crippen LogP) is 3.87. The first kappa shape index (κ1) is 16.4. The van der Waals surface area contributed by atoms with Crippen molar-refractivity contribution in [1.82, 2.24) is 4.98 Å². The summed E-state index contributed by atoms with van der Waals surface area (Å²) in [6.07, 6.45) is 0. The van der Waals surface area contributed by atoms with Crippen LogP contribution in [-0.2, 0) is 4.74 Å². The van der Waals surface area contributed by atoms with E-state index in [0.717, 1.165) is 5.39 Å². The summed E-state index contributed by atoms with van der Waals surface area (Å²) in [7, 11) is 3.21. The van der Waals surface area contributed by atoms with E-state index in [-0.39, 0.29) is 0 Å². The first-order chi connectivity index (χ1) is 10.6. The topological polar surface area (TPSA) is 52.6 Å². The second-order valence-corrected chi connectivity index (χ2v) is 5.09. The van der Waals surface area contributed by atoms with Crippen LogP contribution in [0, 0.1) is 0 Å². The van der Waals surface area contributed by atoms with Crippen LogP contribution in [0.5, 0.6) is 11.5 Å². The van der Waals surface area contributed by atoms with Crippen molar-refractivity contribution in [3.05, 3.63) is 35.6 Å². The highest BCUT2D eigenvalue weighted by atomic mass is 35.5. The molecule has 0 atom stereocenters. The third-order valence-corrected chi connectivity index (χ3v) is 3.33. The molecule has 0 spiro atoms. The third-order valence-electron chi connectivity index (χ3n) is 2.96. The molecule has 6 heteroatoms. The molecule has 1 N–H and O–H groups in total. The Labute approximate surface area is 134 Å². The molecule has 0 bridgehead atoms. The summed E-state index contributed by atoms with van der Waals surface area (Å²) in [4.78, 5) is 4.53. The Kier molecular flexibility index (Phi) is 5.46. The van der Waals surface area contributed by atoms with E-state index in [1.54, 1.807) is 27.2 Å². The van der Waals surface area contributed by atoms with Crippen LogP contribution in [0.1, 0.15) is 6.92 Å². The maximum atomic E-state index is 6.37. The third kappa shape index (κ3) is 3.61. The van der Waals surface area contributed by atoms with Gasteiger partial charge in [0.05, 0.1) is 25.0 Å². The van der Waals surface area contributed by atoms with Gasteiger partial charge in [-0.2, -0.15) is 0 Å². The molecule has 0 radical (unpaired) electrons. The van der Waals surface area contributed by atoms with E-state index in [1.807, 2.05) is 12.1 Å². The van der Waals surface area contributed by atoms with Gasteiger partial charge >= 0.3 is 0 Å². The number of allylic oxidation sites excluding steroid dienone is 1. The van der Waals surface area contributed by atoms with Gasteiger partial charge in [-0.3, -0.25) is 0 Å². The molecule has 2 rings (SSSR count). The number of pyridine rings is 1. The Balaban J connectivity index is 2.53. The van der Waals surface area contributed by atoms with Gasteiger partial charge in [-0.25, -0.2) is 4.98 Å². The molecule has 2 aromatic rings. The number of methoxy groups -OCH3 is 2. The van der Waals surface area contributed by atoms with Crippen molar-refractivity contribution in [3.63, 3.8) is 0 Å². The minimum Gasteiger partial charge on any atom is -0.495 e. The molecule has 22 heavy (non-hydrogen) atoms. The molecule has 0 saturated carbocycles. The molecule has 1 aromatic heterocycles. The summed E-state index contributed by atoms with van der Waals surface area (Å²) in [5.74, 6) is 2.44. The monoisotopic (exact) mass is 322 g/mol. The highest BCUT2D eigenvalue weighted by Crippen LogP contribution is 2.37. The summed E-state index contributed by atoms with van der Waals surface area (Å²) < 4.78 is 16.0. The van der Waals surface area contributed by atoms with E-state index >= 15 is 0 Å². The van der Waals surface area contributed by atoms with E-state index in [1.165, 1.54) is 0 Å². The molecule has 0 unspecified atom stereocenters. The largest absolute Gasteiger partial charge is 0.495 e. The number of anilines is 1. The van der Waals surface area contributed by atoms with Gasteiger partial charge in [-0.15, -0.1) is 0 Å². The number of nitrogens with one attached hydrogen (secondary N) is 1. The van der Waals surface area contributed by atoms with Crippen LogP contribution in [0.4, 0.5) is 5.82 Å². The van der Waals surface area contributed by atoms with Crippen molar-refractivity contribution in [3.8, 4) is 11.5 Å². The van der Waals surface area contributed by atoms with Crippen LogP contribution >= 0.6 is 11.6 Å². The van der Waals surface area contributed by atoms with Crippen molar-refractivity contribution in [2.24, 2.45) is 0 Å². The van der Waals surface area contributed by atoms with Gasteiger partial charge in [0.1, 0.15) is 22.3 Å². The van der Waals surface area contributed by atoms with Crippen molar-refractivity contribution in [1.29, 1.82) is 0 Å². The Morgan fingerprint density at radius 2 is 2.09 bits per heavy atom. The standard InChI is InChI=1S/C16H19ClN2O3/c1-10(2)22-13-9-14(18-7-8-20-3)19-16-11(13)5-6-12(21-4)15(16)17/h5-6,9H,1,7-8H2,2-4H3,(H,18,19). The van der Waals surface area contributed by atoms with E-state index < -0.39 is 0 Å². The highest BCUT2D eigenvalue weighted by molar-refractivity contribution is 6.36. The van der Waals surface area contributed by atoms with Gasteiger partial charge in [0.2, 0.25) is 0 Å². The first-order valence-corrected chi connectivity index (χ1v) is 7.18. The van der Waals surface area contributed by atoms with Crippen LogP contribution in [0.3, 0.4) is 0 Å². The minimum absolute atomic E-state index is 0.446. The summed E-state index contributed by atoms with van der Waals surface area (Å²) in [6.45, 7) is 6.76. The molecule has 0 aliphatic carbocycles. The molecule has 0 saturated heterocycles. The molecule has 118 valence electrons. The molecular weight excluding hydrogens is 304 g/mol. The molecule has 0 aliphatic heterocycles. The second kappa shape index (κ2) is 7.33. The number of fused-ring (bicyclic) bond motifs is 1. The van der Waals surface area contributed by atoms with Gasteiger partial charge in [-0.05, 0) is 19.1 Å². The van der Waals surface area contributed by atoms with Crippen LogP contribution in [0.15, 0.2) is 30.5 Å². The highest BCUT2D eigenvalue weighted by Gasteiger charge is 2.13.